The van der Waals surface area contributed by atoms with E-state index in [0.29, 0.717) is 11.6 Å². The minimum Gasteiger partial charge on any atom is -0.496 e. The van der Waals surface area contributed by atoms with Crippen LogP contribution in [0.1, 0.15) is 23.1 Å². The largest absolute Gasteiger partial charge is 0.496 e. The van der Waals surface area contributed by atoms with E-state index in [1.807, 2.05) is 49.0 Å². The number of nitrogens with zero attached hydrogens (tertiary/aromatic N) is 3. The van der Waals surface area contributed by atoms with Crippen molar-refractivity contribution in [1.29, 1.82) is 0 Å². The summed E-state index contributed by atoms with van der Waals surface area (Å²) < 4.78 is 8.75. The summed E-state index contributed by atoms with van der Waals surface area (Å²) in [6.07, 6.45) is 3.49. The van der Waals surface area contributed by atoms with Gasteiger partial charge in [0.2, 0.25) is 5.91 Å². The summed E-state index contributed by atoms with van der Waals surface area (Å²) in [5, 5.41) is 4.73. The smallest absolute Gasteiger partial charge is 0.307 e. The summed E-state index contributed by atoms with van der Waals surface area (Å²) in [6, 6.07) is 6.99. The van der Waals surface area contributed by atoms with Gasteiger partial charge >= 0.3 is 4.87 Å². The topological polar surface area (TPSA) is 78.2 Å². The number of hydrogen-bond donors (Lipinski definition) is 1. The number of aryl methyl sites for hydroxylation is 2. The minimum absolute atomic E-state index is 0.0375. The van der Waals surface area contributed by atoms with Crippen molar-refractivity contribution < 1.29 is 9.53 Å². The molecule has 0 aliphatic heterocycles. The van der Waals surface area contributed by atoms with Crippen molar-refractivity contribution >= 4 is 17.2 Å². The number of thiazole rings is 1. The Labute approximate surface area is 154 Å². The van der Waals surface area contributed by atoms with Crippen LogP contribution in [0.3, 0.4) is 0 Å². The molecule has 0 radical (unpaired) electrons. The van der Waals surface area contributed by atoms with E-state index in [9.17, 15) is 9.59 Å². The van der Waals surface area contributed by atoms with Gasteiger partial charge in [-0.15, -0.1) is 0 Å². The fourth-order valence-electron chi connectivity index (χ4n) is 2.79. The lowest BCUT2D eigenvalue weighted by Gasteiger charge is -2.21. The molecule has 0 saturated carbocycles. The molecule has 7 nitrogen and oxygen atoms in total. The van der Waals surface area contributed by atoms with Crippen LogP contribution in [0.5, 0.6) is 5.75 Å². The van der Waals surface area contributed by atoms with Gasteiger partial charge in [-0.05, 0) is 13.0 Å². The Morgan fingerprint density at radius 2 is 2.15 bits per heavy atom. The number of carbonyl (C=O) groups excluding carboxylic acids is 1. The van der Waals surface area contributed by atoms with E-state index in [-0.39, 0.29) is 17.3 Å². The molecule has 8 heteroatoms. The van der Waals surface area contributed by atoms with E-state index < -0.39 is 6.04 Å². The predicted octanol–water partition coefficient (Wildman–Crippen LogP) is 1.87. The third-order valence-electron chi connectivity index (χ3n) is 4.15. The Balaban J connectivity index is 1.93. The zero-order valence-corrected chi connectivity index (χ0v) is 15.6. The molecule has 0 aliphatic carbocycles. The van der Waals surface area contributed by atoms with Crippen LogP contribution in [-0.4, -0.2) is 27.1 Å². The van der Waals surface area contributed by atoms with E-state index >= 15 is 0 Å². The summed E-state index contributed by atoms with van der Waals surface area (Å²) in [6.45, 7) is 1.77. The molecule has 26 heavy (non-hydrogen) atoms. The summed E-state index contributed by atoms with van der Waals surface area (Å²) in [4.78, 5) is 28.8. The van der Waals surface area contributed by atoms with E-state index in [4.69, 9.17) is 4.74 Å². The highest BCUT2D eigenvalue weighted by molar-refractivity contribution is 7.07. The van der Waals surface area contributed by atoms with Crippen LogP contribution >= 0.6 is 11.3 Å². The second-order valence-corrected chi connectivity index (χ2v) is 6.69. The van der Waals surface area contributed by atoms with Crippen molar-refractivity contribution in [3.63, 3.8) is 0 Å². The van der Waals surface area contributed by atoms with Crippen LogP contribution in [-0.2, 0) is 18.4 Å². The second-order valence-electron chi connectivity index (χ2n) is 5.87. The number of hydrogen-bond acceptors (Lipinski definition) is 5. The molecule has 1 amide bonds. The first-order valence-corrected chi connectivity index (χ1v) is 8.93. The van der Waals surface area contributed by atoms with Crippen molar-refractivity contribution in [2.24, 2.45) is 7.05 Å². The molecule has 0 spiro atoms. The van der Waals surface area contributed by atoms with Crippen LogP contribution in [0.15, 0.2) is 46.8 Å². The van der Waals surface area contributed by atoms with Crippen molar-refractivity contribution in [3.8, 4) is 5.75 Å². The monoisotopic (exact) mass is 372 g/mol. The lowest BCUT2D eigenvalue weighted by Crippen LogP contribution is -2.35. The lowest BCUT2D eigenvalue weighted by atomic mass is 10.0. The van der Waals surface area contributed by atoms with Crippen molar-refractivity contribution in [3.05, 3.63) is 68.8 Å². The first-order valence-electron chi connectivity index (χ1n) is 8.05. The first-order chi connectivity index (χ1) is 12.5. The van der Waals surface area contributed by atoms with E-state index in [2.05, 4.69) is 10.3 Å². The van der Waals surface area contributed by atoms with Crippen molar-refractivity contribution in [2.75, 3.05) is 7.11 Å². The Morgan fingerprint density at radius 1 is 1.38 bits per heavy atom. The fraction of sp³-hybridized carbons (Fsp3) is 0.278. The van der Waals surface area contributed by atoms with Gasteiger partial charge in [0.05, 0.1) is 7.11 Å². The number of para-hydroxylation sites is 1. The van der Waals surface area contributed by atoms with Crippen LogP contribution in [0.25, 0.3) is 0 Å². The molecular formula is C18H20N4O3S. The molecule has 0 aliphatic rings. The van der Waals surface area contributed by atoms with Gasteiger partial charge in [-0.25, -0.2) is 4.98 Å². The van der Waals surface area contributed by atoms with Crippen molar-refractivity contribution in [1.82, 2.24) is 19.4 Å². The number of imidazole rings is 1. The lowest BCUT2D eigenvalue weighted by molar-refractivity contribution is -0.122. The number of aromatic nitrogens is 3. The molecule has 3 aromatic rings. The van der Waals surface area contributed by atoms with Gasteiger partial charge < -0.3 is 14.6 Å². The first kappa shape index (κ1) is 17.9. The molecule has 1 atom stereocenters. The summed E-state index contributed by atoms with van der Waals surface area (Å²) in [7, 11) is 3.45. The average Bonchev–Trinajstić information content (AvgIpc) is 3.20. The van der Waals surface area contributed by atoms with Gasteiger partial charge in [-0.3, -0.25) is 14.2 Å². The SMILES string of the molecule is COc1ccccc1C(NC(=O)Cn1c(C)csc1=O)c1nccn1C. The molecule has 0 saturated heterocycles. The van der Waals surface area contributed by atoms with Crippen LogP contribution in [0.4, 0.5) is 0 Å². The number of benzene rings is 1. The molecule has 1 N–H and O–H groups in total. The zero-order valence-electron chi connectivity index (χ0n) is 14.8. The maximum Gasteiger partial charge on any atom is 0.307 e. The molecule has 1 unspecified atom stereocenters. The van der Waals surface area contributed by atoms with Gasteiger partial charge in [0.15, 0.2) is 0 Å². The Hall–Kier alpha value is -2.87. The number of carbonyl (C=O) groups is 1. The Bertz CT molecular complexity index is 973. The molecule has 2 heterocycles. The van der Waals surface area contributed by atoms with Gasteiger partial charge in [0.1, 0.15) is 24.2 Å². The number of nitrogens with one attached hydrogen (secondary N) is 1. The Kier molecular flexibility index (Phi) is 5.22. The number of amides is 1. The van der Waals surface area contributed by atoms with Crippen molar-refractivity contribution in [2.45, 2.75) is 19.5 Å². The van der Waals surface area contributed by atoms with Crippen LogP contribution < -0.4 is 14.9 Å². The maximum absolute atomic E-state index is 12.7. The summed E-state index contributed by atoms with van der Waals surface area (Å²) in [5.74, 6) is 1.06. The van der Waals surface area contributed by atoms with E-state index in [0.717, 1.165) is 22.6 Å². The van der Waals surface area contributed by atoms with E-state index in [1.54, 1.807) is 18.7 Å². The number of rotatable bonds is 6. The van der Waals surface area contributed by atoms with Crippen LogP contribution in [0, 0.1) is 6.92 Å². The highest BCUT2D eigenvalue weighted by Gasteiger charge is 2.24. The Morgan fingerprint density at radius 3 is 2.77 bits per heavy atom. The summed E-state index contributed by atoms with van der Waals surface area (Å²) in [5.41, 5.74) is 1.56. The summed E-state index contributed by atoms with van der Waals surface area (Å²) >= 11 is 1.09. The van der Waals surface area contributed by atoms with Gasteiger partial charge in [-0.1, -0.05) is 29.5 Å². The molecule has 136 valence electrons. The average molecular weight is 372 g/mol. The molecule has 0 fully saturated rings. The maximum atomic E-state index is 12.7. The number of ether oxygens (including phenoxy) is 1. The predicted molar refractivity (Wildman–Crippen MR) is 99.5 cm³/mol. The molecule has 1 aromatic carbocycles. The van der Waals surface area contributed by atoms with E-state index in [1.165, 1.54) is 4.57 Å². The molecule has 0 bridgehead atoms. The highest BCUT2D eigenvalue weighted by Crippen LogP contribution is 2.28. The number of methoxy groups -OCH3 is 1. The zero-order chi connectivity index (χ0) is 18.7. The standard InChI is InChI=1S/C18H20N4O3S/c1-12-11-26-18(24)22(12)10-15(23)20-16(17-19-8-9-21(17)2)13-6-4-5-7-14(13)25-3/h4-9,11,16H,10H2,1-3H3,(H,20,23). The molecule has 3 rings (SSSR count). The minimum atomic E-state index is -0.492. The third-order valence-corrected chi connectivity index (χ3v) is 5.03. The normalized spacial score (nSPS) is 12.0. The van der Waals surface area contributed by atoms with Gasteiger partial charge in [0.25, 0.3) is 0 Å². The molecule has 2 aromatic heterocycles. The van der Waals surface area contributed by atoms with Gasteiger partial charge in [0, 0.05) is 36.1 Å². The quantitative estimate of drug-likeness (QED) is 0.716. The highest BCUT2D eigenvalue weighted by atomic mass is 32.1. The van der Waals surface area contributed by atoms with Crippen LogP contribution in [0.2, 0.25) is 0 Å². The third kappa shape index (κ3) is 3.55. The fourth-order valence-corrected chi connectivity index (χ4v) is 3.52. The molecular weight excluding hydrogens is 352 g/mol. The second kappa shape index (κ2) is 7.57. The van der Waals surface area contributed by atoms with Gasteiger partial charge in [-0.2, -0.15) is 0 Å².